The lowest BCUT2D eigenvalue weighted by molar-refractivity contribution is 0.0921. The molecule has 2 N–H and O–H groups in total. The minimum absolute atomic E-state index is 0.00116. The Kier molecular flexibility index (Phi) is 4.94. The Morgan fingerprint density at radius 2 is 2.00 bits per heavy atom. The van der Waals surface area contributed by atoms with Gasteiger partial charge in [0.2, 0.25) is 0 Å². The average molecular weight is 391 g/mol. The van der Waals surface area contributed by atoms with Gasteiger partial charge in [-0.15, -0.1) is 0 Å². The second kappa shape index (κ2) is 7.05. The van der Waals surface area contributed by atoms with Crippen LogP contribution in [0.2, 0.25) is 0 Å². The predicted octanol–water partition coefficient (Wildman–Crippen LogP) is 2.67. The van der Waals surface area contributed by atoms with Crippen molar-refractivity contribution >= 4 is 34.3 Å². The zero-order chi connectivity index (χ0) is 19.8. The predicted molar refractivity (Wildman–Crippen MR) is 99.5 cm³/mol. The Hall–Kier alpha value is -2.85. The molecule has 0 aliphatic carbocycles. The van der Waals surface area contributed by atoms with Gasteiger partial charge in [0.15, 0.2) is 11.5 Å². The number of rotatable bonds is 4. The van der Waals surface area contributed by atoms with Gasteiger partial charge >= 0.3 is 0 Å². The highest BCUT2D eigenvalue weighted by molar-refractivity contribution is 7.81. The van der Waals surface area contributed by atoms with E-state index >= 15 is 0 Å². The molecule has 0 saturated heterocycles. The number of halogens is 1. The highest BCUT2D eigenvalue weighted by atomic mass is 32.2. The third kappa shape index (κ3) is 3.96. The number of fused-ring (bicyclic) bond motifs is 1. The molecule has 1 aromatic carbocycles. The molecule has 2 heterocycles. The number of nitrogens with one attached hydrogen (secondary N) is 1. The van der Waals surface area contributed by atoms with Crippen molar-refractivity contribution in [3.05, 3.63) is 54.1 Å². The van der Waals surface area contributed by atoms with Gasteiger partial charge in [-0.25, -0.2) is 22.4 Å². The zero-order valence-corrected chi connectivity index (χ0v) is 15.7. The molecule has 1 amide bonds. The number of nitrogens with zero attached hydrogens (tertiary/aromatic N) is 4. The number of para-hydroxylation sites is 1. The molecular weight excluding hydrogens is 373 g/mol. The molecule has 2 aromatic heterocycles. The summed E-state index contributed by atoms with van der Waals surface area (Å²) in [7, 11) is 0. The van der Waals surface area contributed by atoms with E-state index in [4.69, 9.17) is 0 Å². The van der Waals surface area contributed by atoms with E-state index in [9.17, 15) is 17.9 Å². The number of benzene rings is 1. The Labute approximate surface area is 157 Å². The first kappa shape index (κ1) is 18.9. The molecule has 0 radical (unpaired) electrons. The summed E-state index contributed by atoms with van der Waals surface area (Å²) in [6, 6.07) is 6.96. The fraction of sp³-hybridized carbons (Fsp3) is 0.235. The topological polar surface area (TPSA) is 99.8 Å². The molecule has 0 aliphatic rings. The van der Waals surface area contributed by atoms with Gasteiger partial charge in [-0.2, -0.15) is 5.10 Å². The Morgan fingerprint density at radius 3 is 2.63 bits per heavy atom. The summed E-state index contributed by atoms with van der Waals surface area (Å²) >= 11 is -2.58. The van der Waals surface area contributed by atoms with Crippen LogP contribution in [0.4, 0.5) is 15.9 Å². The van der Waals surface area contributed by atoms with Gasteiger partial charge < -0.3 is 5.32 Å². The number of carbonyl (C=O) groups is 1. The average Bonchev–Trinajstić information content (AvgIpc) is 2.98. The van der Waals surface area contributed by atoms with Crippen molar-refractivity contribution in [2.75, 3.05) is 4.31 Å². The van der Waals surface area contributed by atoms with Gasteiger partial charge in [-0.05, 0) is 32.9 Å². The molecule has 3 aromatic rings. The number of hydrogen-bond donors (Lipinski definition) is 2. The molecule has 10 heteroatoms. The van der Waals surface area contributed by atoms with Gasteiger partial charge in [-0.3, -0.25) is 9.35 Å². The van der Waals surface area contributed by atoms with E-state index in [1.54, 1.807) is 0 Å². The number of hydrogen-bond acceptors (Lipinski definition) is 4. The van der Waals surface area contributed by atoms with Crippen LogP contribution in [-0.2, 0) is 11.3 Å². The van der Waals surface area contributed by atoms with E-state index in [1.165, 1.54) is 47.2 Å². The zero-order valence-electron chi connectivity index (χ0n) is 14.9. The minimum atomic E-state index is -2.58. The molecule has 1 atom stereocenters. The van der Waals surface area contributed by atoms with Crippen LogP contribution in [0.5, 0.6) is 0 Å². The van der Waals surface area contributed by atoms with Gasteiger partial charge in [0.25, 0.3) is 17.2 Å². The molecule has 27 heavy (non-hydrogen) atoms. The lowest BCUT2D eigenvalue weighted by atomic mass is 10.1. The van der Waals surface area contributed by atoms with E-state index < -0.39 is 22.6 Å². The lowest BCUT2D eigenvalue weighted by Gasteiger charge is -2.20. The summed E-state index contributed by atoms with van der Waals surface area (Å²) in [6.45, 7) is 5.51. The van der Waals surface area contributed by atoms with E-state index in [-0.39, 0.29) is 28.6 Å². The van der Waals surface area contributed by atoms with Crippen LogP contribution in [0, 0.1) is 5.82 Å². The Balaban J connectivity index is 2.10. The first-order valence-corrected chi connectivity index (χ1v) is 9.06. The monoisotopic (exact) mass is 391 g/mol. The summed E-state index contributed by atoms with van der Waals surface area (Å²) in [4.78, 5) is 16.8. The maximum atomic E-state index is 14.1. The van der Waals surface area contributed by atoms with Crippen molar-refractivity contribution in [2.45, 2.75) is 26.3 Å². The van der Waals surface area contributed by atoms with Crippen LogP contribution in [0.25, 0.3) is 5.65 Å². The highest BCUT2D eigenvalue weighted by Gasteiger charge is 2.23. The maximum absolute atomic E-state index is 14.1. The summed E-state index contributed by atoms with van der Waals surface area (Å²) in [5, 5.41) is 6.88. The molecule has 0 bridgehead atoms. The fourth-order valence-corrected chi connectivity index (χ4v) is 3.02. The molecule has 142 valence electrons. The van der Waals surface area contributed by atoms with Crippen molar-refractivity contribution in [3.8, 4) is 0 Å². The van der Waals surface area contributed by atoms with Gasteiger partial charge in [0.1, 0.15) is 11.4 Å². The van der Waals surface area contributed by atoms with Gasteiger partial charge in [0, 0.05) is 17.8 Å². The molecule has 0 saturated carbocycles. The van der Waals surface area contributed by atoms with Crippen LogP contribution >= 0.6 is 0 Å². The van der Waals surface area contributed by atoms with Crippen LogP contribution in [0.3, 0.4) is 0 Å². The van der Waals surface area contributed by atoms with Crippen LogP contribution in [0.1, 0.15) is 31.1 Å². The van der Waals surface area contributed by atoms with Crippen LogP contribution < -0.4 is 9.62 Å². The SMILES string of the molecule is CC(C)(C)NC(=O)c1cnn2ccc(N(c3ccccc3F)S(=O)O)nc12. The molecule has 8 nitrogen and oxygen atoms in total. The molecule has 1 unspecified atom stereocenters. The lowest BCUT2D eigenvalue weighted by Crippen LogP contribution is -2.40. The largest absolute Gasteiger partial charge is 0.347 e. The summed E-state index contributed by atoms with van der Waals surface area (Å²) < 4.78 is 37.9. The first-order chi connectivity index (χ1) is 12.7. The van der Waals surface area contributed by atoms with Gasteiger partial charge in [-0.1, -0.05) is 12.1 Å². The second-order valence-corrected chi connectivity index (χ2v) is 7.62. The molecular formula is C17H18FN5O3S. The Bertz CT molecular complexity index is 1030. The minimum Gasteiger partial charge on any atom is -0.347 e. The normalized spacial score (nSPS) is 12.8. The molecule has 0 aliphatic heterocycles. The van der Waals surface area contributed by atoms with Crippen LogP contribution in [-0.4, -0.2) is 34.8 Å². The molecule has 0 fully saturated rings. The maximum Gasteiger partial charge on any atom is 0.267 e. The van der Waals surface area contributed by atoms with Crippen molar-refractivity contribution in [3.63, 3.8) is 0 Å². The van der Waals surface area contributed by atoms with Crippen molar-refractivity contribution in [1.29, 1.82) is 0 Å². The summed E-state index contributed by atoms with van der Waals surface area (Å²) in [5.74, 6) is -1.07. The standard InChI is InChI=1S/C17H18FN5O3S/c1-17(2,3)21-16(24)11-10-19-22-9-8-14(20-15(11)22)23(27(25)26)13-7-5-4-6-12(13)18/h4-10H,1-3H3,(H,21,24)(H,25,26). The van der Waals surface area contributed by atoms with Crippen molar-refractivity contribution in [1.82, 2.24) is 19.9 Å². The van der Waals surface area contributed by atoms with Crippen molar-refractivity contribution < 1.29 is 17.9 Å². The molecule has 0 spiro atoms. The number of carbonyl (C=O) groups excluding carboxylic acids is 1. The van der Waals surface area contributed by atoms with Crippen molar-refractivity contribution in [2.24, 2.45) is 0 Å². The van der Waals surface area contributed by atoms with Crippen LogP contribution in [0.15, 0.2) is 42.7 Å². The van der Waals surface area contributed by atoms with E-state index in [0.717, 1.165) is 4.31 Å². The first-order valence-electron chi connectivity index (χ1n) is 8.00. The number of aromatic nitrogens is 3. The van der Waals surface area contributed by atoms with E-state index in [1.807, 2.05) is 20.8 Å². The smallest absolute Gasteiger partial charge is 0.267 e. The van der Waals surface area contributed by atoms with Gasteiger partial charge in [0.05, 0.1) is 11.9 Å². The highest BCUT2D eigenvalue weighted by Crippen LogP contribution is 2.28. The summed E-state index contributed by atoms with van der Waals surface area (Å²) in [6.07, 6.45) is 2.84. The Morgan fingerprint density at radius 1 is 1.30 bits per heavy atom. The summed E-state index contributed by atoms with van der Waals surface area (Å²) in [5.41, 5.74) is -0.199. The fourth-order valence-electron chi connectivity index (χ4n) is 2.44. The van der Waals surface area contributed by atoms with E-state index in [2.05, 4.69) is 15.4 Å². The third-order valence-corrected chi connectivity index (χ3v) is 4.22. The number of anilines is 2. The van der Waals surface area contributed by atoms with E-state index in [0.29, 0.717) is 0 Å². The second-order valence-electron chi connectivity index (χ2n) is 6.79. The number of amides is 1. The third-order valence-electron chi connectivity index (χ3n) is 3.52. The quantitative estimate of drug-likeness (QED) is 0.666. The molecule has 3 rings (SSSR count).